The topological polar surface area (TPSA) is 61.4 Å². The standard InChI is InChI=1S/C16H33N3O2/c1-5-7-8-14(6-2)13-18-16(21)10-9-15(20)17-11-12-19(3)4/h14H,5-13H2,1-4H3,(H,17,20)(H,18,21). The fourth-order valence-corrected chi connectivity index (χ4v) is 2.02. The largest absolute Gasteiger partial charge is 0.356 e. The molecule has 124 valence electrons. The third-order valence-corrected chi connectivity index (χ3v) is 3.59. The van der Waals surface area contributed by atoms with Crippen LogP contribution in [0.4, 0.5) is 0 Å². The zero-order valence-electron chi connectivity index (χ0n) is 14.2. The van der Waals surface area contributed by atoms with Crippen molar-refractivity contribution in [2.45, 2.75) is 52.4 Å². The Labute approximate surface area is 129 Å². The second kappa shape index (κ2) is 12.6. The molecule has 1 unspecified atom stereocenters. The van der Waals surface area contributed by atoms with Gasteiger partial charge in [-0.3, -0.25) is 9.59 Å². The number of nitrogens with one attached hydrogen (secondary N) is 2. The lowest BCUT2D eigenvalue weighted by molar-refractivity contribution is -0.126. The van der Waals surface area contributed by atoms with Gasteiger partial charge in [0.2, 0.25) is 11.8 Å². The van der Waals surface area contributed by atoms with E-state index >= 15 is 0 Å². The summed E-state index contributed by atoms with van der Waals surface area (Å²) >= 11 is 0. The van der Waals surface area contributed by atoms with E-state index in [1.807, 2.05) is 19.0 Å². The molecular formula is C16H33N3O2. The number of likely N-dealkylation sites (N-methyl/N-ethyl adjacent to an activating group) is 1. The number of carbonyl (C=O) groups excluding carboxylic acids is 2. The van der Waals surface area contributed by atoms with Gasteiger partial charge < -0.3 is 15.5 Å². The SMILES string of the molecule is CCCCC(CC)CNC(=O)CCC(=O)NCCN(C)C. The Morgan fingerprint density at radius 1 is 1.05 bits per heavy atom. The number of amides is 2. The van der Waals surface area contributed by atoms with Gasteiger partial charge in [0, 0.05) is 32.5 Å². The average molecular weight is 299 g/mol. The van der Waals surface area contributed by atoms with E-state index in [0.29, 0.717) is 12.5 Å². The Balaban J connectivity index is 3.71. The molecule has 0 aromatic carbocycles. The summed E-state index contributed by atoms with van der Waals surface area (Å²) in [6, 6.07) is 0. The summed E-state index contributed by atoms with van der Waals surface area (Å²) in [5.41, 5.74) is 0. The Morgan fingerprint density at radius 3 is 2.19 bits per heavy atom. The Kier molecular flexibility index (Phi) is 12.0. The van der Waals surface area contributed by atoms with Gasteiger partial charge in [0.05, 0.1) is 0 Å². The molecule has 0 aliphatic rings. The molecule has 0 radical (unpaired) electrons. The van der Waals surface area contributed by atoms with Gasteiger partial charge in [-0.2, -0.15) is 0 Å². The van der Waals surface area contributed by atoms with Gasteiger partial charge in [0.25, 0.3) is 0 Å². The van der Waals surface area contributed by atoms with Crippen molar-refractivity contribution >= 4 is 11.8 Å². The molecule has 21 heavy (non-hydrogen) atoms. The second-order valence-corrected chi connectivity index (χ2v) is 5.87. The van der Waals surface area contributed by atoms with Crippen molar-refractivity contribution < 1.29 is 9.59 Å². The predicted octanol–water partition coefficient (Wildman–Crippen LogP) is 1.78. The molecule has 0 aromatic rings. The van der Waals surface area contributed by atoms with Crippen molar-refractivity contribution in [3.8, 4) is 0 Å². The molecule has 1 atom stereocenters. The molecule has 0 saturated heterocycles. The summed E-state index contributed by atoms with van der Waals surface area (Å²) in [6.07, 6.45) is 5.20. The van der Waals surface area contributed by atoms with E-state index < -0.39 is 0 Å². The smallest absolute Gasteiger partial charge is 0.220 e. The molecule has 2 amide bonds. The van der Waals surface area contributed by atoms with Crippen LogP contribution in [0.15, 0.2) is 0 Å². The van der Waals surface area contributed by atoms with Crippen LogP contribution in [-0.2, 0) is 9.59 Å². The molecule has 0 aliphatic heterocycles. The van der Waals surface area contributed by atoms with Gasteiger partial charge in [-0.05, 0) is 26.4 Å². The molecule has 2 N–H and O–H groups in total. The van der Waals surface area contributed by atoms with E-state index in [4.69, 9.17) is 0 Å². The summed E-state index contributed by atoms with van der Waals surface area (Å²) < 4.78 is 0. The quantitative estimate of drug-likeness (QED) is 0.577. The molecule has 5 heteroatoms. The van der Waals surface area contributed by atoms with Crippen LogP contribution >= 0.6 is 0 Å². The van der Waals surface area contributed by atoms with Crippen molar-refractivity contribution in [1.82, 2.24) is 15.5 Å². The van der Waals surface area contributed by atoms with Crippen LogP contribution < -0.4 is 10.6 Å². The first-order valence-electron chi connectivity index (χ1n) is 8.17. The first kappa shape index (κ1) is 19.9. The van der Waals surface area contributed by atoms with Crippen LogP contribution in [0.1, 0.15) is 52.4 Å². The van der Waals surface area contributed by atoms with Crippen LogP contribution in [0.5, 0.6) is 0 Å². The minimum absolute atomic E-state index is 0.0206. The molecule has 0 rings (SSSR count). The Bertz CT molecular complexity index is 293. The van der Waals surface area contributed by atoms with Gasteiger partial charge in [-0.1, -0.05) is 33.1 Å². The molecule has 5 nitrogen and oxygen atoms in total. The van der Waals surface area contributed by atoms with Crippen molar-refractivity contribution in [3.63, 3.8) is 0 Å². The van der Waals surface area contributed by atoms with Gasteiger partial charge in [0.15, 0.2) is 0 Å². The Hall–Kier alpha value is -1.10. The van der Waals surface area contributed by atoms with Crippen molar-refractivity contribution in [2.24, 2.45) is 5.92 Å². The van der Waals surface area contributed by atoms with E-state index in [1.54, 1.807) is 0 Å². The average Bonchev–Trinajstić information content (AvgIpc) is 2.45. The highest BCUT2D eigenvalue weighted by molar-refractivity contribution is 5.83. The van der Waals surface area contributed by atoms with Crippen LogP contribution in [0.3, 0.4) is 0 Å². The van der Waals surface area contributed by atoms with E-state index in [1.165, 1.54) is 12.8 Å². The minimum Gasteiger partial charge on any atom is -0.356 e. The number of nitrogens with zero attached hydrogens (tertiary/aromatic N) is 1. The molecule has 0 aliphatic carbocycles. The molecule has 0 spiro atoms. The molecule has 0 bridgehead atoms. The highest BCUT2D eigenvalue weighted by atomic mass is 16.2. The normalized spacial score (nSPS) is 12.2. The van der Waals surface area contributed by atoms with Crippen LogP contribution in [0, 0.1) is 5.92 Å². The summed E-state index contributed by atoms with van der Waals surface area (Å²) in [5, 5.41) is 5.76. The Morgan fingerprint density at radius 2 is 1.67 bits per heavy atom. The number of rotatable bonds is 12. The number of unbranched alkanes of at least 4 members (excludes halogenated alkanes) is 1. The minimum atomic E-state index is -0.0509. The lowest BCUT2D eigenvalue weighted by Gasteiger charge is -2.15. The van der Waals surface area contributed by atoms with Gasteiger partial charge in [-0.25, -0.2) is 0 Å². The zero-order valence-corrected chi connectivity index (χ0v) is 14.2. The van der Waals surface area contributed by atoms with E-state index in [9.17, 15) is 9.59 Å². The summed E-state index contributed by atoms with van der Waals surface area (Å²) in [6.45, 7) is 6.51. The van der Waals surface area contributed by atoms with Crippen LogP contribution in [0.25, 0.3) is 0 Å². The third-order valence-electron chi connectivity index (χ3n) is 3.59. The first-order valence-corrected chi connectivity index (χ1v) is 8.17. The fraction of sp³-hybridized carbons (Fsp3) is 0.875. The zero-order chi connectivity index (χ0) is 16.1. The number of hydrogen-bond acceptors (Lipinski definition) is 3. The van der Waals surface area contributed by atoms with Crippen molar-refractivity contribution in [3.05, 3.63) is 0 Å². The maximum atomic E-state index is 11.7. The number of carbonyl (C=O) groups is 2. The van der Waals surface area contributed by atoms with Gasteiger partial charge >= 0.3 is 0 Å². The molecular weight excluding hydrogens is 266 g/mol. The van der Waals surface area contributed by atoms with Crippen molar-refractivity contribution in [2.75, 3.05) is 33.7 Å². The lowest BCUT2D eigenvalue weighted by atomic mass is 9.99. The monoisotopic (exact) mass is 299 g/mol. The molecule has 0 fully saturated rings. The van der Waals surface area contributed by atoms with Crippen molar-refractivity contribution in [1.29, 1.82) is 0 Å². The van der Waals surface area contributed by atoms with Gasteiger partial charge in [0.1, 0.15) is 0 Å². The highest BCUT2D eigenvalue weighted by Gasteiger charge is 2.10. The first-order chi connectivity index (χ1) is 9.99. The molecule has 0 heterocycles. The fourth-order valence-electron chi connectivity index (χ4n) is 2.02. The van der Waals surface area contributed by atoms with Crippen LogP contribution in [0.2, 0.25) is 0 Å². The van der Waals surface area contributed by atoms with E-state index in [2.05, 4.69) is 24.5 Å². The highest BCUT2D eigenvalue weighted by Crippen LogP contribution is 2.11. The third kappa shape index (κ3) is 12.4. The second-order valence-electron chi connectivity index (χ2n) is 5.87. The van der Waals surface area contributed by atoms with Gasteiger partial charge in [-0.15, -0.1) is 0 Å². The lowest BCUT2D eigenvalue weighted by Crippen LogP contribution is -2.33. The predicted molar refractivity (Wildman–Crippen MR) is 87.1 cm³/mol. The van der Waals surface area contributed by atoms with Crippen LogP contribution in [-0.4, -0.2) is 50.4 Å². The van der Waals surface area contributed by atoms with E-state index in [-0.39, 0.29) is 24.7 Å². The summed E-state index contributed by atoms with van der Waals surface area (Å²) in [7, 11) is 3.92. The maximum Gasteiger partial charge on any atom is 0.220 e. The molecule has 0 saturated carbocycles. The summed E-state index contributed by atoms with van der Waals surface area (Å²) in [5.74, 6) is 0.487. The number of hydrogen-bond donors (Lipinski definition) is 2. The van der Waals surface area contributed by atoms with E-state index in [0.717, 1.165) is 25.9 Å². The maximum absolute atomic E-state index is 11.7. The molecule has 0 aromatic heterocycles. The summed E-state index contributed by atoms with van der Waals surface area (Å²) in [4.78, 5) is 25.3.